The van der Waals surface area contributed by atoms with E-state index in [2.05, 4.69) is 10.3 Å². The van der Waals surface area contributed by atoms with E-state index >= 15 is 0 Å². The lowest BCUT2D eigenvalue weighted by molar-refractivity contribution is 0.439. The summed E-state index contributed by atoms with van der Waals surface area (Å²) < 4.78 is 6.73. The first-order valence-electron chi connectivity index (χ1n) is 5.31. The lowest BCUT2D eigenvalue weighted by Crippen LogP contribution is -1.89. The van der Waals surface area contributed by atoms with Crippen molar-refractivity contribution in [2.75, 3.05) is 5.73 Å². The fraction of sp³-hybridized carbons (Fsp3) is 0.167. The molecule has 0 spiro atoms. The Labute approximate surface area is 97.8 Å². The van der Waals surface area contributed by atoms with Crippen LogP contribution in [-0.4, -0.2) is 14.9 Å². The van der Waals surface area contributed by atoms with Crippen molar-refractivity contribution in [3.8, 4) is 11.3 Å². The van der Waals surface area contributed by atoms with Crippen LogP contribution in [-0.2, 0) is 7.05 Å². The van der Waals surface area contributed by atoms with E-state index < -0.39 is 0 Å². The summed E-state index contributed by atoms with van der Waals surface area (Å²) in [6, 6.07) is 7.78. The molecule has 1 aromatic carbocycles. The van der Waals surface area contributed by atoms with Gasteiger partial charge in [0.25, 0.3) is 0 Å². The van der Waals surface area contributed by atoms with Crippen molar-refractivity contribution in [1.29, 1.82) is 0 Å². The van der Waals surface area contributed by atoms with Gasteiger partial charge in [-0.15, -0.1) is 0 Å². The molecule has 17 heavy (non-hydrogen) atoms. The summed E-state index contributed by atoms with van der Waals surface area (Å²) in [5, 5.41) is 9.42. The Hall–Kier alpha value is -2.30. The fourth-order valence-corrected chi connectivity index (χ4v) is 2.02. The van der Waals surface area contributed by atoms with E-state index in [4.69, 9.17) is 10.3 Å². The van der Waals surface area contributed by atoms with E-state index in [1.165, 1.54) is 0 Å². The van der Waals surface area contributed by atoms with Crippen LogP contribution in [0.5, 0.6) is 0 Å². The number of nitrogens with two attached hydrogens (primary N) is 1. The Balaban J connectivity index is 2.22. The van der Waals surface area contributed by atoms with E-state index in [1.54, 1.807) is 6.07 Å². The first-order chi connectivity index (χ1) is 8.15. The van der Waals surface area contributed by atoms with Crippen LogP contribution in [0.1, 0.15) is 5.69 Å². The van der Waals surface area contributed by atoms with Crippen LogP contribution in [0, 0.1) is 6.92 Å². The lowest BCUT2D eigenvalue weighted by Gasteiger charge is -1.98. The molecule has 3 rings (SSSR count). The van der Waals surface area contributed by atoms with Gasteiger partial charge < -0.3 is 10.3 Å². The van der Waals surface area contributed by atoms with Crippen LogP contribution in [0.15, 0.2) is 28.8 Å². The normalized spacial score (nSPS) is 11.2. The molecule has 3 aromatic rings. The Morgan fingerprint density at radius 2 is 2.12 bits per heavy atom. The molecule has 0 aliphatic carbocycles. The molecule has 0 radical (unpaired) electrons. The highest BCUT2D eigenvalue weighted by Crippen LogP contribution is 2.25. The molecule has 0 fully saturated rings. The third-order valence-electron chi connectivity index (χ3n) is 2.86. The Morgan fingerprint density at radius 1 is 1.29 bits per heavy atom. The molecule has 0 saturated heterocycles. The van der Waals surface area contributed by atoms with Crippen molar-refractivity contribution in [2.24, 2.45) is 7.05 Å². The Bertz CT molecular complexity index is 696. The average molecular weight is 228 g/mol. The van der Waals surface area contributed by atoms with Gasteiger partial charge in [0.05, 0.1) is 11.2 Å². The maximum absolute atomic E-state index is 5.52. The van der Waals surface area contributed by atoms with Gasteiger partial charge in [-0.2, -0.15) is 5.10 Å². The predicted molar refractivity (Wildman–Crippen MR) is 65.4 cm³/mol. The third-order valence-corrected chi connectivity index (χ3v) is 2.86. The minimum Gasteiger partial charge on any atom is -0.368 e. The molecule has 0 bridgehead atoms. The zero-order valence-electron chi connectivity index (χ0n) is 9.64. The summed E-state index contributed by atoms with van der Waals surface area (Å²) >= 11 is 0. The van der Waals surface area contributed by atoms with E-state index in [1.807, 2.05) is 36.9 Å². The second-order valence-electron chi connectivity index (χ2n) is 4.06. The van der Waals surface area contributed by atoms with Gasteiger partial charge in [-0.25, -0.2) is 0 Å². The number of hydrogen-bond acceptors (Lipinski definition) is 4. The SMILES string of the molecule is Cc1nn(C)c2cc(-c3cc(N)on3)ccc12. The second-order valence-corrected chi connectivity index (χ2v) is 4.06. The number of aromatic nitrogens is 3. The molecule has 2 aromatic heterocycles. The number of anilines is 1. The van der Waals surface area contributed by atoms with E-state index in [0.29, 0.717) is 5.88 Å². The summed E-state index contributed by atoms with van der Waals surface area (Å²) in [4.78, 5) is 0. The van der Waals surface area contributed by atoms with Crippen molar-refractivity contribution in [2.45, 2.75) is 6.92 Å². The summed E-state index contributed by atoms with van der Waals surface area (Å²) in [6.45, 7) is 2.00. The number of nitrogens with zero attached hydrogens (tertiary/aromatic N) is 3. The molecule has 0 aliphatic rings. The van der Waals surface area contributed by atoms with Gasteiger partial charge in [0.15, 0.2) is 0 Å². The summed E-state index contributed by atoms with van der Waals surface area (Å²) in [6.07, 6.45) is 0. The van der Waals surface area contributed by atoms with E-state index in [0.717, 1.165) is 27.9 Å². The number of benzene rings is 1. The molecule has 0 unspecified atom stereocenters. The number of fused-ring (bicyclic) bond motifs is 1. The fourth-order valence-electron chi connectivity index (χ4n) is 2.02. The van der Waals surface area contributed by atoms with Gasteiger partial charge in [0, 0.05) is 24.1 Å². The molecular weight excluding hydrogens is 216 g/mol. The van der Waals surface area contributed by atoms with Gasteiger partial charge in [0.1, 0.15) is 5.69 Å². The minimum absolute atomic E-state index is 0.321. The van der Waals surface area contributed by atoms with Gasteiger partial charge in [0.2, 0.25) is 5.88 Å². The maximum Gasteiger partial charge on any atom is 0.222 e. The smallest absolute Gasteiger partial charge is 0.222 e. The number of nitrogen functional groups attached to an aromatic ring is 1. The minimum atomic E-state index is 0.321. The molecule has 0 aliphatic heterocycles. The molecule has 2 N–H and O–H groups in total. The van der Waals surface area contributed by atoms with Gasteiger partial charge >= 0.3 is 0 Å². The van der Waals surface area contributed by atoms with Crippen molar-refractivity contribution < 1.29 is 4.52 Å². The monoisotopic (exact) mass is 228 g/mol. The highest BCUT2D eigenvalue weighted by molar-refractivity contribution is 5.86. The lowest BCUT2D eigenvalue weighted by atomic mass is 10.1. The highest BCUT2D eigenvalue weighted by atomic mass is 16.5. The quantitative estimate of drug-likeness (QED) is 0.692. The van der Waals surface area contributed by atoms with Gasteiger partial charge in [-0.1, -0.05) is 17.3 Å². The first-order valence-corrected chi connectivity index (χ1v) is 5.31. The van der Waals surface area contributed by atoms with Crippen LogP contribution < -0.4 is 5.73 Å². The van der Waals surface area contributed by atoms with E-state index in [9.17, 15) is 0 Å². The van der Waals surface area contributed by atoms with E-state index in [-0.39, 0.29) is 0 Å². The van der Waals surface area contributed by atoms with Crippen molar-refractivity contribution >= 4 is 16.8 Å². The molecule has 5 nitrogen and oxygen atoms in total. The van der Waals surface area contributed by atoms with Crippen LogP contribution >= 0.6 is 0 Å². The Morgan fingerprint density at radius 3 is 2.82 bits per heavy atom. The molecule has 2 heterocycles. The van der Waals surface area contributed by atoms with Crippen LogP contribution in [0.3, 0.4) is 0 Å². The average Bonchev–Trinajstić information content (AvgIpc) is 2.85. The zero-order valence-corrected chi connectivity index (χ0v) is 9.64. The standard InChI is InChI=1S/C12H12N4O/c1-7-9-4-3-8(5-11(9)16(2)14-7)10-6-12(13)17-15-10/h3-6H,13H2,1-2H3. The van der Waals surface area contributed by atoms with Gasteiger partial charge in [-0.05, 0) is 13.0 Å². The van der Waals surface area contributed by atoms with Crippen LogP contribution in [0.25, 0.3) is 22.2 Å². The van der Waals surface area contributed by atoms with Crippen LogP contribution in [0.4, 0.5) is 5.88 Å². The number of rotatable bonds is 1. The molecule has 86 valence electrons. The summed E-state index contributed by atoms with van der Waals surface area (Å²) in [7, 11) is 1.93. The summed E-state index contributed by atoms with van der Waals surface area (Å²) in [5.41, 5.74) is 9.32. The number of aryl methyl sites for hydroxylation is 2. The third kappa shape index (κ3) is 1.47. The topological polar surface area (TPSA) is 69.9 Å². The molecular formula is C12H12N4O. The second kappa shape index (κ2) is 3.35. The molecule has 0 amide bonds. The van der Waals surface area contributed by atoms with Crippen LogP contribution in [0.2, 0.25) is 0 Å². The molecule has 0 saturated carbocycles. The highest BCUT2D eigenvalue weighted by Gasteiger charge is 2.09. The summed E-state index contributed by atoms with van der Waals surface area (Å²) in [5.74, 6) is 0.321. The number of hydrogen-bond donors (Lipinski definition) is 1. The first kappa shape index (κ1) is 9.89. The molecule has 5 heteroatoms. The van der Waals surface area contributed by atoms with Crippen molar-refractivity contribution in [3.63, 3.8) is 0 Å². The zero-order chi connectivity index (χ0) is 12.0. The largest absolute Gasteiger partial charge is 0.368 e. The van der Waals surface area contributed by atoms with Crippen molar-refractivity contribution in [3.05, 3.63) is 30.0 Å². The Kier molecular flexibility index (Phi) is 1.95. The molecule has 0 atom stereocenters. The van der Waals surface area contributed by atoms with Gasteiger partial charge in [-0.3, -0.25) is 4.68 Å². The van der Waals surface area contributed by atoms with Crippen molar-refractivity contribution in [1.82, 2.24) is 14.9 Å². The predicted octanol–water partition coefficient (Wildman–Crippen LogP) is 2.12. The maximum atomic E-state index is 5.52.